The lowest BCUT2D eigenvalue weighted by atomic mass is 9.64. The molecule has 94 valence electrons. The Labute approximate surface area is 102 Å². The maximum absolute atomic E-state index is 2.60. The Balaban J connectivity index is 2.28. The van der Waals surface area contributed by atoms with Crippen LogP contribution in [0.15, 0.2) is 0 Å². The predicted molar refractivity (Wildman–Crippen MR) is 71.4 cm³/mol. The van der Waals surface area contributed by atoms with Gasteiger partial charge in [-0.2, -0.15) is 0 Å². The lowest BCUT2D eigenvalue weighted by Gasteiger charge is -2.40. The van der Waals surface area contributed by atoms with E-state index in [-0.39, 0.29) is 0 Å². The van der Waals surface area contributed by atoms with Crippen LogP contribution in [-0.4, -0.2) is 0 Å². The normalized spacial score (nSPS) is 45.2. The second-order valence-corrected chi connectivity index (χ2v) is 7.13. The van der Waals surface area contributed by atoms with Crippen LogP contribution in [0.3, 0.4) is 0 Å². The van der Waals surface area contributed by atoms with E-state index in [1.807, 2.05) is 0 Å². The Hall–Kier alpha value is 0. The highest BCUT2D eigenvalue weighted by atomic mass is 14.7. The molecule has 0 amide bonds. The number of fused-ring (bicyclic) bond motifs is 2. The van der Waals surface area contributed by atoms with E-state index in [2.05, 4.69) is 34.6 Å². The highest BCUT2D eigenvalue weighted by Crippen LogP contribution is 2.71. The van der Waals surface area contributed by atoms with E-state index >= 15 is 0 Å². The van der Waals surface area contributed by atoms with Gasteiger partial charge < -0.3 is 0 Å². The minimum absolute atomic E-state index is 0.604. The van der Waals surface area contributed by atoms with Crippen LogP contribution in [0.4, 0.5) is 0 Å². The summed E-state index contributed by atoms with van der Waals surface area (Å²) in [6.07, 6.45) is 8.72. The number of rotatable bonds is 4. The first-order valence-corrected chi connectivity index (χ1v) is 7.49. The summed E-state index contributed by atoms with van der Waals surface area (Å²) in [5.74, 6) is 3.08. The third-order valence-corrected chi connectivity index (χ3v) is 6.45. The summed E-state index contributed by atoms with van der Waals surface area (Å²) in [6.45, 7) is 12.4. The zero-order chi connectivity index (χ0) is 12.0. The van der Waals surface area contributed by atoms with E-state index in [0.717, 1.165) is 17.8 Å². The van der Waals surface area contributed by atoms with Crippen LogP contribution in [0.25, 0.3) is 0 Å². The fourth-order valence-corrected chi connectivity index (χ4v) is 5.31. The Bertz CT molecular complexity index is 253. The predicted octanol–water partition coefficient (Wildman–Crippen LogP) is 5.28. The van der Waals surface area contributed by atoms with Gasteiger partial charge in [0.2, 0.25) is 0 Å². The quantitative estimate of drug-likeness (QED) is 0.607. The van der Waals surface area contributed by atoms with Crippen molar-refractivity contribution >= 4 is 0 Å². The lowest BCUT2D eigenvalue weighted by molar-refractivity contribution is 0.0848. The van der Waals surface area contributed by atoms with E-state index < -0.39 is 0 Å². The third kappa shape index (κ3) is 1.41. The van der Waals surface area contributed by atoms with Gasteiger partial charge in [0.25, 0.3) is 0 Å². The van der Waals surface area contributed by atoms with Gasteiger partial charge in [0, 0.05) is 0 Å². The molecule has 0 nitrogen and oxygen atoms in total. The molecule has 0 saturated heterocycles. The molecular formula is C16H30. The first-order chi connectivity index (χ1) is 7.49. The average Bonchev–Trinajstić information content (AvgIpc) is 2.52. The molecule has 0 heteroatoms. The summed E-state index contributed by atoms with van der Waals surface area (Å²) in [6, 6.07) is 0. The van der Waals surface area contributed by atoms with Crippen molar-refractivity contribution in [2.75, 3.05) is 0 Å². The molecule has 2 aliphatic carbocycles. The molecule has 0 spiro atoms. The molecule has 0 aromatic heterocycles. The Kier molecular flexibility index (Phi) is 3.14. The number of hydrogen-bond acceptors (Lipinski definition) is 0. The third-order valence-electron chi connectivity index (χ3n) is 6.45. The molecule has 0 radical (unpaired) electrons. The highest BCUT2D eigenvalue weighted by Gasteiger charge is 2.64. The molecule has 0 aromatic carbocycles. The molecular weight excluding hydrogens is 192 g/mol. The molecule has 16 heavy (non-hydrogen) atoms. The summed E-state index contributed by atoms with van der Waals surface area (Å²) < 4.78 is 0. The fourth-order valence-electron chi connectivity index (χ4n) is 5.31. The van der Waals surface area contributed by atoms with Crippen molar-refractivity contribution in [3.63, 3.8) is 0 Å². The van der Waals surface area contributed by atoms with Crippen LogP contribution < -0.4 is 0 Å². The zero-order valence-corrected chi connectivity index (χ0v) is 12.0. The monoisotopic (exact) mass is 222 g/mol. The van der Waals surface area contributed by atoms with E-state index in [9.17, 15) is 0 Å². The van der Waals surface area contributed by atoms with E-state index in [0.29, 0.717) is 10.8 Å². The van der Waals surface area contributed by atoms with Crippen molar-refractivity contribution in [2.45, 2.75) is 73.1 Å². The van der Waals surface area contributed by atoms with Crippen molar-refractivity contribution in [1.29, 1.82) is 0 Å². The fraction of sp³-hybridized carbons (Fsp3) is 1.00. The topological polar surface area (TPSA) is 0 Å². The summed E-state index contributed by atoms with van der Waals surface area (Å²) in [4.78, 5) is 0. The molecule has 2 saturated carbocycles. The highest BCUT2D eigenvalue weighted by molar-refractivity contribution is 5.13. The van der Waals surface area contributed by atoms with Crippen LogP contribution in [-0.2, 0) is 0 Å². The van der Waals surface area contributed by atoms with Gasteiger partial charge in [-0.3, -0.25) is 0 Å². The Morgan fingerprint density at radius 1 is 1.00 bits per heavy atom. The zero-order valence-electron chi connectivity index (χ0n) is 12.0. The SMILES string of the molecule is CCCC1C2CCC(C)(C1CCC)C2(C)C. The molecule has 0 heterocycles. The van der Waals surface area contributed by atoms with Crippen molar-refractivity contribution in [3.8, 4) is 0 Å². The first-order valence-electron chi connectivity index (χ1n) is 7.49. The maximum Gasteiger partial charge on any atom is -0.0241 e. The molecule has 2 aliphatic rings. The Morgan fingerprint density at radius 2 is 1.62 bits per heavy atom. The smallest absolute Gasteiger partial charge is 0.0241 e. The van der Waals surface area contributed by atoms with Crippen LogP contribution in [0.5, 0.6) is 0 Å². The van der Waals surface area contributed by atoms with E-state index in [1.54, 1.807) is 0 Å². The molecule has 4 unspecified atom stereocenters. The van der Waals surface area contributed by atoms with E-state index in [4.69, 9.17) is 0 Å². The van der Waals surface area contributed by atoms with Gasteiger partial charge in [0.15, 0.2) is 0 Å². The largest absolute Gasteiger partial charge is 0.0654 e. The van der Waals surface area contributed by atoms with Crippen molar-refractivity contribution < 1.29 is 0 Å². The van der Waals surface area contributed by atoms with Gasteiger partial charge in [0.05, 0.1) is 0 Å². The van der Waals surface area contributed by atoms with Crippen molar-refractivity contribution in [1.82, 2.24) is 0 Å². The molecule has 4 atom stereocenters. The van der Waals surface area contributed by atoms with Crippen LogP contribution in [0.2, 0.25) is 0 Å². The van der Waals surface area contributed by atoms with Crippen LogP contribution in [0.1, 0.15) is 73.1 Å². The summed E-state index contributed by atoms with van der Waals surface area (Å²) in [5, 5.41) is 0. The minimum atomic E-state index is 0.604. The van der Waals surface area contributed by atoms with Gasteiger partial charge in [-0.15, -0.1) is 0 Å². The van der Waals surface area contributed by atoms with Gasteiger partial charge in [0.1, 0.15) is 0 Å². The molecule has 2 fully saturated rings. The second kappa shape index (κ2) is 4.03. The standard InChI is InChI=1S/C16H30/c1-6-8-12-13-10-11-16(5,15(13,3)4)14(12)9-7-2/h12-14H,6-11H2,1-5H3. The average molecular weight is 222 g/mol. The molecule has 2 bridgehead atoms. The van der Waals surface area contributed by atoms with Crippen molar-refractivity contribution in [2.24, 2.45) is 28.6 Å². The van der Waals surface area contributed by atoms with Gasteiger partial charge in [-0.25, -0.2) is 0 Å². The van der Waals surface area contributed by atoms with Crippen LogP contribution >= 0.6 is 0 Å². The first kappa shape index (κ1) is 12.5. The molecule has 0 aromatic rings. The minimum Gasteiger partial charge on any atom is -0.0654 e. The Morgan fingerprint density at radius 3 is 2.19 bits per heavy atom. The van der Waals surface area contributed by atoms with Gasteiger partial charge >= 0.3 is 0 Å². The lowest BCUT2D eigenvalue weighted by Crippen LogP contribution is -2.33. The van der Waals surface area contributed by atoms with Crippen LogP contribution in [0, 0.1) is 28.6 Å². The maximum atomic E-state index is 2.60. The van der Waals surface area contributed by atoms with Gasteiger partial charge in [-0.05, 0) is 47.8 Å². The molecule has 0 aliphatic heterocycles. The molecule has 0 N–H and O–H groups in total. The summed E-state index contributed by atoms with van der Waals surface area (Å²) in [7, 11) is 0. The number of hydrogen-bond donors (Lipinski definition) is 0. The van der Waals surface area contributed by atoms with E-state index in [1.165, 1.54) is 38.5 Å². The van der Waals surface area contributed by atoms with Gasteiger partial charge in [-0.1, -0.05) is 53.9 Å². The second-order valence-electron chi connectivity index (χ2n) is 7.13. The van der Waals surface area contributed by atoms with Crippen molar-refractivity contribution in [3.05, 3.63) is 0 Å². The molecule has 2 rings (SSSR count). The summed E-state index contributed by atoms with van der Waals surface area (Å²) >= 11 is 0. The summed E-state index contributed by atoms with van der Waals surface area (Å²) in [5.41, 5.74) is 1.25.